The van der Waals surface area contributed by atoms with E-state index in [-0.39, 0.29) is 12.2 Å². The van der Waals surface area contributed by atoms with E-state index in [1.54, 1.807) is 18.3 Å². The highest BCUT2D eigenvalue weighted by molar-refractivity contribution is 6.33. The zero-order valence-corrected chi connectivity index (χ0v) is 20.0. The Morgan fingerprint density at radius 1 is 1.18 bits per heavy atom. The van der Waals surface area contributed by atoms with Crippen molar-refractivity contribution in [1.29, 1.82) is 0 Å². The summed E-state index contributed by atoms with van der Waals surface area (Å²) in [7, 11) is 0. The molecule has 33 heavy (non-hydrogen) atoms. The van der Waals surface area contributed by atoms with E-state index in [0.717, 1.165) is 41.9 Å². The van der Waals surface area contributed by atoms with Gasteiger partial charge in [-0.05, 0) is 60.0 Å². The van der Waals surface area contributed by atoms with Gasteiger partial charge in [0.05, 0.1) is 18.9 Å². The lowest BCUT2D eigenvalue weighted by atomic mass is 9.91. The lowest BCUT2D eigenvalue weighted by Gasteiger charge is -2.28. The van der Waals surface area contributed by atoms with Crippen LogP contribution in [0.1, 0.15) is 43.5 Å². The standard InChI is InChI=1S/C26H27Cl2NO4/c1-2-3-12-30-17-22-15-19-13-18(7-10-25(19)33-32-22)26(24-6-4-5-11-29-24)31-16-20-14-21(27)8-9-23(20)28/h4-11,14-15,22,26H,2-3,12-13,16-17H2,1H3. The molecule has 1 aliphatic heterocycles. The van der Waals surface area contributed by atoms with Gasteiger partial charge in [-0.3, -0.25) is 4.98 Å². The first-order chi connectivity index (χ1) is 16.1. The van der Waals surface area contributed by atoms with E-state index < -0.39 is 0 Å². The zero-order chi connectivity index (χ0) is 23.0. The summed E-state index contributed by atoms with van der Waals surface area (Å²) in [4.78, 5) is 15.5. The summed E-state index contributed by atoms with van der Waals surface area (Å²) in [6.07, 6.45) is 9.94. The van der Waals surface area contributed by atoms with Gasteiger partial charge >= 0.3 is 0 Å². The summed E-state index contributed by atoms with van der Waals surface area (Å²) in [5, 5.41) is 1.24. The Balaban J connectivity index is 1.51. The van der Waals surface area contributed by atoms with Crippen LogP contribution in [0.15, 0.2) is 77.7 Å². The first kappa shape index (κ1) is 24.0. The smallest absolute Gasteiger partial charge is 0.168 e. The number of rotatable bonds is 10. The quantitative estimate of drug-likeness (QED) is 0.268. The number of halogens is 2. The van der Waals surface area contributed by atoms with Crippen LogP contribution in [0.2, 0.25) is 10.0 Å². The topological polar surface area (TPSA) is 49.8 Å². The van der Waals surface area contributed by atoms with Gasteiger partial charge in [-0.2, -0.15) is 4.89 Å². The number of aromatic nitrogens is 1. The van der Waals surface area contributed by atoms with Gasteiger partial charge in [0.2, 0.25) is 0 Å². The van der Waals surface area contributed by atoms with Crippen LogP contribution in [-0.4, -0.2) is 24.3 Å². The molecule has 0 amide bonds. The predicted molar refractivity (Wildman–Crippen MR) is 129 cm³/mol. The number of hydrogen-bond acceptors (Lipinski definition) is 5. The largest absolute Gasteiger partial charge is 0.378 e. The Bertz CT molecular complexity index is 1040. The molecule has 2 heterocycles. The van der Waals surface area contributed by atoms with E-state index >= 15 is 0 Å². The summed E-state index contributed by atoms with van der Waals surface area (Å²) in [5.74, 6) is 0.709. The van der Waals surface area contributed by atoms with Gasteiger partial charge in [-0.1, -0.05) is 48.7 Å². The van der Waals surface area contributed by atoms with Gasteiger partial charge < -0.3 is 14.4 Å². The third kappa shape index (κ3) is 6.46. The van der Waals surface area contributed by atoms with Crippen LogP contribution in [0.3, 0.4) is 0 Å². The highest BCUT2D eigenvalue weighted by Crippen LogP contribution is 2.37. The molecule has 174 valence electrons. The molecule has 0 N–H and O–H groups in total. The van der Waals surface area contributed by atoms with Gasteiger partial charge in [0.25, 0.3) is 0 Å². The fourth-order valence-corrected chi connectivity index (χ4v) is 4.05. The Hall–Kier alpha value is -2.15. The van der Waals surface area contributed by atoms with Gasteiger partial charge in [0, 0.05) is 34.8 Å². The summed E-state index contributed by atoms with van der Waals surface area (Å²) < 4.78 is 12.1. The average molecular weight is 488 g/mol. The van der Waals surface area contributed by atoms with Crippen molar-refractivity contribution in [2.45, 2.75) is 45.0 Å². The van der Waals surface area contributed by atoms with Crippen LogP contribution in [0.25, 0.3) is 0 Å². The molecule has 2 atom stereocenters. The van der Waals surface area contributed by atoms with Crippen molar-refractivity contribution in [2.75, 3.05) is 13.2 Å². The molecule has 5 nitrogen and oxygen atoms in total. The number of nitrogens with zero attached hydrogens (tertiary/aromatic N) is 1. The van der Waals surface area contributed by atoms with Crippen LogP contribution >= 0.6 is 23.2 Å². The Morgan fingerprint density at radius 2 is 2.09 bits per heavy atom. The maximum Gasteiger partial charge on any atom is 0.168 e. The Morgan fingerprint density at radius 3 is 2.91 bits per heavy atom. The van der Waals surface area contributed by atoms with Crippen LogP contribution in [0.4, 0.5) is 0 Å². The van der Waals surface area contributed by atoms with Crippen LogP contribution in [0, 0.1) is 0 Å². The number of hydrogen-bond donors (Lipinski definition) is 0. The first-order valence-corrected chi connectivity index (χ1v) is 11.9. The third-order valence-electron chi connectivity index (χ3n) is 5.44. The number of pyridine rings is 1. The lowest BCUT2D eigenvalue weighted by molar-refractivity contribution is -0.294. The van der Waals surface area contributed by atoms with E-state index in [9.17, 15) is 0 Å². The van der Waals surface area contributed by atoms with Crippen molar-refractivity contribution >= 4 is 23.2 Å². The second-order valence-electron chi connectivity index (χ2n) is 7.97. The van der Waals surface area contributed by atoms with Crippen LogP contribution < -0.4 is 0 Å². The minimum absolute atomic E-state index is 0.243. The summed E-state index contributed by atoms with van der Waals surface area (Å²) >= 11 is 12.5. The SMILES string of the molecule is CCCCOCC1C=C2CC(C(OCc3cc(Cl)ccc3Cl)c3ccccn3)=CC=C2OO1. The van der Waals surface area contributed by atoms with Crippen molar-refractivity contribution in [2.24, 2.45) is 0 Å². The predicted octanol–water partition coefficient (Wildman–Crippen LogP) is 6.93. The zero-order valence-electron chi connectivity index (χ0n) is 18.5. The number of benzene rings is 1. The summed E-state index contributed by atoms with van der Waals surface area (Å²) in [6, 6.07) is 11.2. The number of unbranched alkanes of at least 4 members (excludes halogenated alkanes) is 1. The fraction of sp³-hybridized carbons (Fsp3) is 0.346. The van der Waals surface area contributed by atoms with Crippen molar-refractivity contribution in [3.8, 4) is 0 Å². The van der Waals surface area contributed by atoms with Crippen molar-refractivity contribution < 1.29 is 19.2 Å². The number of fused-ring (bicyclic) bond motifs is 1. The van der Waals surface area contributed by atoms with Gasteiger partial charge in [0.15, 0.2) is 5.76 Å². The molecule has 1 aliphatic carbocycles. The van der Waals surface area contributed by atoms with Crippen molar-refractivity contribution in [3.05, 3.63) is 99.0 Å². The first-order valence-electron chi connectivity index (χ1n) is 11.1. The van der Waals surface area contributed by atoms with E-state index in [0.29, 0.717) is 35.4 Å². The molecule has 4 rings (SSSR count). The molecule has 2 aliphatic rings. The minimum atomic E-state index is -0.345. The maximum absolute atomic E-state index is 6.36. The Labute approximate surface area is 204 Å². The molecular weight excluding hydrogens is 461 g/mol. The monoisotopic (exact) mass is 487 g/mol. The second-order valence-corrected chi connectivity index (χ2v) is 8.81. The molecule has 0 radical (unpaired) electrons. The van der Waals surface area contributed by atoms with Crippen LogP contribution in [-0.2, 0) is 25.9 Å². The highest BCUT2D eigenvalue weighted by Gasteiger charge is 2.28. The Kier molecular flexibility index (Phi) is 8.59. The summed E-state index contributed by atoms with van der Waals surface area (Å²) in [5.41, 5.74) is 3.77. The fourth-order valence-electron chi connectivity index (χ4n) is 3.69. The maximum atomic E-state index is 6.36. The number of ether oxygens (including phenoxy) is 2. The molecular formula is C26H27Cl2NO4. The van der Waals surface area contributed by atoms with Crippen molar-refractivity contribution in [1.82, 2.24) is 4.98 Å². The molecule has 2 unspecified atom stereocenters. The van der Waals surface area contributed by atoms with Gasteiger partial charge in [-0.25, -0.2) is 0 Å². The minimum Gasteiger partial charge on any atom is -0.378 e. The molecule has 7 heteroatoms. The molecule has 0 spiro atoms. The molecule has 0 bridgehead atoms. The van der Waals surface area contributed by atoms with E-state index in [2.05, 4.69) is 18.0 Å². The molecule has 0 saturated carbocycles. The molecule has 0 saturated heterocycles. The van der Waals surface area contributed by atoms with Crippen LogP contribution in [0.5, 0.6) is 0 Å². The summed E-state index contributed by atoms with van der Waals surface area (Å²) in [6.45, 7) is 3.62. The van der Waals surface area contributed by atoms with Gasteiger partial charge in [0.1, 0.15) is 12.2 Å². The highest BCUT2D eigenvalue weighted by atomic mass is 35.5. The van der Waals surface area contributed by atoms with E-state index in [4.69, 9.17) is 42.5 Å². The number of allylic oxidation sites excluding steroid dienone is 3. The normalized spacial score (nSPS) is 18.5. The van der Waals surface area contributed by atoms with Gasteiger partial charge in [-0.15, -0.1) is 0 Å². The lowest BCUT2D eigenvalue weighted by Crippen LogP contribution is -2.24. The van der Waals surface area contributed by atoms with Crippen molar-refractivity contribution in [3.63, 3.8) is 0 Å². The second kappa shape index (κ2) is 11.8. The molecule has 2 aromatic rings. The molecule has 0 fully saturated rings. The average Bonchev–Trinajstić information content (AvgIpc) is 2.84. The van der Waals surface area contributed by atoms with E-state index in [1.165, 1.54) is 0 Å². The van der Waals surface area contributed by atoms with E-state index in [1.807, 2.05) is 36.4 Å². The molecule has 1 aromatic heterocycles. The third-order valence-corrected chi connectivity index (χ3v) is 6.04. The molecule has 1 aromatic carbocycles.